The molecule has 0 saturated heterocycles. The Bertz CT molecular complexity index is 1280. The summed E-state index contributed by atoms with van der Waals surface area (Å²) >= 11 is 0. The second-order valence-electron chi connectivity index (χ2n) is 12.9. The molecular weight excluding hydrogens is 587 g/mol. The molecule has 10 heteroatoms. The van der Waals surface area contributed by atoms with Crippen molar-refractivity contribution in [3.05, 3.63) is 59.2 Å². The normalized spacial score (nSPS) is 29.4. The predicted molar refractivity (Wildman–Crippen MR) is 156 cm³/mol. The van der Waals surface area contributed by atoms with Gasteiger partial charge in [0.05, 0.1) is 12.7 Å². The van der Waals surface area contributed by atoms with Gasteiger partial charge in [-0.05, 0) is 121 Å². The molecule has 43 heavy (non-hydrogen) atoms. The van der Waals surface area contributed by atoms with Crippen molar-refractivity contribution in [3.63, 3.8) is 0 Å². The molecular formula is C33H41F5O4S. The van der Waals surface area contributed by atoms with Gasteiger partial charge in [-0.25, -0.2) is 0 Å². The van der Waals surface area contributed by atoms with Crippen molar-refractivity contribution in [2.75, 3.05) is 18.1 Å². The summed E-state index contributed by atoms with van der Waals surface area (Å²) in [6.45, 7) is 2.67. The summed E-state index contributed by atoms with van der Waals surface area (Å²) in [5, 5.41) is 21.2. The number of alkyl halides is 5. The van der Waals surface area contributed by atoms with Gasteiger partial charge in [-0.15, -0.1) is 0 Å². The zero-order valence-corrected chi connectivity index (χ0v) is 25.2. The molecule has 0 amide bonds. The maximum atomic E-state index is 13.0. The van der Waals surface area contributed by atoms with E-state index in [0.717, 1.165) is 32.1 Å². The van der Waals surface area contributed by atoms with E-state index in [0.29, 0.717) is 55.1 Å². The van der Waals surface area contributed by atoms with Crippen molar-refractivity contribution in [1.29, 1.82) is 0 Å². The first kappa shape index (κ1) is 32.2. The van der Waals surface area contributed by atoms with Crippen LogP contribution in [0.4, 0.5) is 22.0 Å². The highest BCUT2D eigenvalue weighted by Crippen LogP contribution is 2.65. The van der Waals surface area contributed by atoms with Crippen LogP contribution in [0.1, 0.15) is 86.8 Å². The van der Waals surface area contributed by atoms with Gasteiger partial charge in [0.25, 0.3) is 0 Å². The number of halogens is 5. The van der Waals surface area contributed by atoms with Crippen LogP contribution < -0.4 is 4.74 Å². The Morgan fingerprint density at radius 2 is 1.72 bits per heavy atom. The minimum atomic E-state index is -5.61. The summed E-state index contributed by atoms with van der Waals surface area (Å²) in [5.74, 6) is -2.88. The molecule has 1 unspecified atom stereocenters. The van der Waals surface area contributed by atoms with Gasteiger partial charge < -0.3 is 14.9 Å². The minimum absolute atomic E-state index is 0.0867. The van der Waals surface area contributed by atoms with Crippen LogP contribution in [-0.4, -0.2) is 50.7 Å². The third kappa shape index (κ3) is 6.75. The Hall–Kier alpha value is -2.20. The van der Waals surface area contributed by atoms with E-state index in [9.17, 15) is 36.4 Å². The topological polar surface area (TPSA) is 66.8 Å². The Morgan fingerprint density at radius 1 is 0.977 bits per heavy atom. The number of hydrogen-bond acceptors (Lipinski definition) is 4. The first-order valence-electron chi connectivity index (χ1n) is 15.3. The number of aryl methyl sites for hydroxylation is 1. The fourth-order valence-electron chi connectivity index (χ4n) is 8.02. The summed E-state index contributed by atoms with van der Waals surface area (Å²) in [6, 6.07) is 13.9. The van der Waals surface area contributed by atoms with Crippen LogP contribution in [0.2, 0.25) is 0 Å². The number of rotatable bonds is 11. The first-order chi connectivity index (χ1) is 20.3. The summed E-state index contributed by atoms with van der Waals surface area (Å²) in [5.41, 5.74) is 3.62. The molecule has 238 valence electrons. The second kappa shape index (κ2) is 12.7. The number of hydrogen-bond donors (Lipinski definition) is 2. The number of unbranched alkanes of at least 4 members (excludes halogenated alkanes) is 2. The molecule has 2 aromatic carbocycles. The van der Waals surface area contributed by atoms with E-state index in [-0.39, 0.29) is 23.2 Å². The Labute approximate surface area is 252 Å². The molecule has 0 heterocycles. The number of benzene rings is 2. The van der Waals surface area contributed by atoms with Crippen molar-refractivity contribution >= 4 is 10.8 Å². The van der Waals surface area contributed by atoms with Gasteiger partial charge in [-0.1, -0.05) is 25.1 Å². The molecule has 0 spiro atoms. The van der Waals surface area contributed by atoms with Gasteiger partial charge >= 0.3 is 12.1 Å². The molecule has 7 atom stereocenters. The molecule has 0 aromatic heterocycles. The van der Waals surface area contributed by atoms with Crippen LogP contribution in [0.15, 0.2) is 42.5 Å². The molecule has 3 aliphatic carbocycles. The number of aliphatic hydroxyl groups is 1. The van der Waals surface area contributed by atoms with Crippen LogP contribution >= 0.6 is 0 Å². The molecule has 3 aliphatic rings. The van der Waals surface area contributed by atoms with E-state index in [1.54, 1.807) is 6.07 Å². The fourth-order valence-corrected chi connectivity index (χ4v) is 9.24. The van der Waals surface area contributed by atoms with Crippen LogP contribution in [0, 0.1) is 17.3 Å². The summed E-state index contributed by atoms with van der Waals surface area (Å²) < 4.78 is 80.6. The number of fused-ring (bicyclic) bond motifs is 5. The number of ether oxygens (including phenoxy) is 1. The number of aromatic hydroxyl groups is 1. The Kier molecular flexibility index (Phi) is 9.48. The van der Waals surface area contributed by atoms with Gasteiger partial charge in [0, 0.05) is 28.7 Å². The molecule has 2 fully saturated rings. The van der Waals surface area contributed by atoms with E-state index in [1.165, 1.54) is 16.7 Å². The molecule has 2 saturated carbocycles. The molecule has 2 N–H and O–H groups in total. The summed E-state index contributed by atoms with van der Waals surface area (Å²) in [4.78, 5) is 0. The lowest BCUT2D eigenvalue weighted by Crippen LogP contribution is -2.47. The van der Waals surface area contributed by atoms with Crippen molar-refractivity contribution in [3.8, 4) is 11.5 Å². The highest BCUT2D eigenvalue weighted by molar-refractivity contribution is 7.84. The standard InChI is InChI=1S/C33H41F5O4S/c1-31-20-27(30-25-12-8-23(39)19-22(25)7-11-26(30)28(31)13-14-29(31)40)21-5-9-24(10-6-21)42-16-3-2-4-17-43(41)18-15-32(34,35)33(36,37)38/h5-6,8-10,12,19,26-30,39-40H,2-4,7,11,13-18,20H2,1H3/t26-,27+,28-,29-,30+,31-,43?/m0/s1. The van der Waals surface area contributed by atoms with Crippen LogP contribution in [-0.2, 0) is 17.2 Å². The fraction of sp³-hybridized carbons (Fsp3) is 0.636. The summed E-state index contributed by atoms with van der Waals surface area (Å²) in [6.07, 6.45) is -0.853. The van der Waals surface area contributed by atoms with Crippen molar-refractivity contribution in [2.24, 2.45) is 17.3 Å². The monoisotopic (exact) mass is 628 g/mol. The smallest absolute Gasteiger partial charge is 0.453 e. The van der Waals surface area contributed by atoms with Gasteiger partial charge in [0.15, 0.2) is 0 Å². The number of phenols is 1. The lowest BCUT2D eigenvalue weighted by molar-refractivity contribution is -0.282. The SMILES string of the molecule is C[C@]12C[C@H](c3ccc(OCCCCCS(=O)CCC(F)(F)C(F)(F)F)cc3)[C@@H]3c4ccc(O)cc4CC[C@H]3[C@@H]1CC[C@@H]2O. The van der Waals surface area contributed by atoms with E-state index >= 15 is 0 Å². The minimum Gasteiger partial charge on any atom is -0.508 e. The average Bonchev–Trinajstić information content (AvgIpc) is 3.26. The van der Waals surface area contributed by atoms with Crippen LogP contribution in [0.3, 0.4) is 0 Å². The molecule has 0 aliphatic heterocycles. The third-order valence-electron chi connectivity index (χ3n) is 10.3. The molecule has 0 bridgehead atoms. The van der Waals surface area contributed by atoms with Gasteiger partial charge in [-0.3, -0.25) is 4.21 Å². The summed E-state index contributed by atoms with van der Waals surface area (Å²) in [7, 11) is -1.72. The Morgan fingerprint density at radius 3 is 2.44 bits per heavy atom. The molecule has 2 aromatic rings. The zero-order chi connectivity index (χ0) is 31.0. The lowest BCUT2D eigenvalue weighted by atomic mass is 9.51. The maximum absolute atomic E-state index is 13.0. The van der Waals surface area contributed by atoms with Gasteiger partial charge in [-0.2, -0.15) is 22.0 Å². The maximum Gasteiger partial charge on any atom is 0.453 e. The van der Waals surface area contributed by atoms with Crippen LogP contribution in [0.5, 0.6) is 11.5 Å². The second-order valence-corrected chi connectivity index (χ2v) is 14.6. The number of phenolic OH excluding ortho intramolecular Hbond substituents is 1. The Balaban J connectivity index is 1.15. The van der Waals surface area contributed by atoms with E-state index in [2.05, 4.69) is 25.1 Å². The van der Waals surface area contributed by atoms with Crippen LogP contribution in [0.25, 0.3) is 0 Å². The predicted octanol–water partition coefficient (Wildman–Crippen LogP) is 7.89. The van der Waals surface area contributed by atoms with Gasteiger partial charge in [0.1, 0.15) is 11.5 Å². The highest BCUT2D eigenvalue weighted by Gasteiger charge is 2.58. The van der Waals surface area contributed by atoms with E-state index in [4.69, 9.17) is 4.74 Å². The van der Waals surface area contributed by atoms with Crippen molar-refractivity contribution in [2.45, 2.75) is 94.7 Å². The van der Waals surface area contributed by atoms with Gasteiger partial charge in [0.2, 0.25) is 0 Å². The highest BCUT2D eigenvalue weighted by atomic mass is 32.2. The third-order valence-corrected chi connectivity index (χ3v) is 11.7. The quantitative estimate of drug-likeness (QED) is 0.196. The first-order valence-corrected chi connectivity index (χ1v) is 16.8. The molecule has 5 rings (SSSR count). The van der Waals surface area contributed by atoms with Crippen molar-refractivity contribution < 1.29 is 41.1 Å². The van der Waals surface area contributed by atoms with E-state index < -0.39 is 35.1 Å². The molecule has 4 nitrogen and oxygen atoms in total. The lowest BCUT2D eigenvalue weighted by Gasteiger charge is -2.54. The van der Waals surface area contributed by atoms with Crippen molar-refractivity contribution in [1.82, 2.24) is 0 Å². The average molecular weight is 629 g/mol. The largest absolute Gasteiger partial charge is 0.508 e. The van der Waals surface area contributed by atoms with E-state index in [1.807, 2.05) is 18.2 Å². The molecule has 0 radical (unpaired) electrons. The zero-order valence-electron chi connectivity index (χ0n) is 24.4. The number of aliphatic hydroxyl groups excluding tert-OH is 1.